The van der Waals surface area contributed by atoms with Crippen LogP contribution in [0.5, 0.6) is 0 Å². The predicted molar refractivity (Wildman–Crippen MR) is 84.6 cm³/mol. The molecule has 0 fully saturated rings. The highest BCUT2D eigenvalue weighted by molar-refractivity contribution is 6.08. The molecule has 2 heterocycles. The van der Waals surface area contributed by atoms with Crippen molar-refractivity contribution in [2.24, 2.45) is 7.05 Å². The smallest absolute Gasteiger partial charge is 0.238 e. The van der Waals surface area contributed by atoms with Gasteiger partial charge in [0.2, 0.25) is 5.91 Å². The van der Waals surface area contributed by atoms with E-state index in [1.165, 1.54) is 5.39 Å². The summed E-state index contributed by atoms with van der Waals surface area (Å²) in [4.78, 5) is 14.4. The first-order valence-electron chi connectivity index (χ1n) is 7.08. The Balaban J connectivity index is 1.98. The fourth-order valence-electron chi connectivity index (χ4n) is 3.26. The van der Waals surface area contributed by atoms with Crippen molar-refractivity contribution in [3.05, 3.63) is 65.9 Å². The van der Waals surface area contributed by atoms with Crippen molar-refractivity contribution in [1.82, 2.24) is 4.57 Å². The maximum absolute atomic E-state index is 12.7. The lowest BCUT2D eigenvalue weighted by Crippen LogP contribution is -2.24. The van der Waals surface area contributed by atoms with Crippen LogP contribution >= 0.6 is 0 Å². The molecule has 1 aliphatic heterocycles. The van der Waals surface area contributed by atoms with Crippen LogP contribution in [-0.4, -0.2) is 17.5 Å². The van der Waals surface area contributed by atoms with Crippen molar-refractivity contribution in [3.8, 4) is 0 Å². The van der Waals surface area contributed by atoms with E-state index in [1.54, 1.807) is 4.90 Å². The summed E-state index contributed by atoms with van der Waals surface area (Å²) in [7, 11) is 3.89. The number of amides is 1. The molecule has 0 bridgehead atoms. The molecule has 3 nitrogen and oxygen atoms in total. The van der Waals surface area contributed by atoms with Gasteiger partial charge in [-0.05, 0) is 29.3 Å². The topological polar surface area (TPSA) is 25.2 Å². The van der Waals surface area contributed by atoms with Crippen LogP contribution in [0, 0.1) is 0 Å². The summed E-state index contributed by atoms with van der Waals surface area (Å²) in [5.41, 5.74) is 4.34. The van der Waals surface area contributed by atoms with E-state index in [9.17, 15) is 4.79 Å². The van der Waals surface area contributed by atoms with Gasteiger partial charge in [-0.25, -0.2) is 0 Å². The zero-order chi connectivity index (χ0) is 14.6. The highest BCUT2D eigenvalue weighted by Crippen LogP contribution is 2.42. The lowest BCUT2D eigenvalue weighted by atomic mass is 9.92. The molecule has 1 aromatic heterocycles. The average molecular weight is 276 g/mol. The number of aryl methyl sites for hydroxylation is 1. The van der Waals surface area contributed by atoms with Gasteiger partial charge in [0.1, 0.15) is 0 Å². The summed E-state index contributed by atoms with van der Waals surface area (Å²) in [6, 6.07) is 16.4. The molecule has 1 aliphatic rings. The molecule has 0 N–H and O–H groups in total. The molecule has 1 unspecified atom stereocenters. The number of hydrogen-bond donors (Lipinski definition) is 0. The van der Waals surface area contributed by atoms with Gasteiger partial charge in [0.25, 0.3) is 0 Å². The van der Waals surface area contributed by atoms with Crippen molar-refractivity contribution in [3.63, 3.8) is 0 Å². The number of aromatic nitrogens is 1. The molecule has 3 heteroatoms. The first-order chi connectivity index (χ1) is 10.2. The van der Waals surface area contributed by atoms with E-state index in [0.29, 0.717) is 0 Å². The molecule has 21 heavy (non-hydrogen) atoms. The second-order valence-corrected chi connectivity index (χ2v) is 5.64. The second kappa shape index (κ2) is 4.22. The number of nitrogens with zero attached hydrogens (tertiary/aromatic N) is 2. The van der Waals surface area contributed by atoms with Gasteiger partial charge in [-0.3, -0.25) is 4.79 Å². The summed E-state index contributed by atoms with van der Waals surface area (Å²) >= 11 is 0. The zero-order valence-corrected chi connectivity index (χ0v) is 12.1. The van der Waals surface area contributed by atoms with E-state index in [0.717, 1.165) is 22.3 Å². The highest BCUT2D eigenvalue weighted by atomic mass is 16.2. The van der Waals surface area contributed by atoms with Gasteiger partial charge < -0.3 is 9.47 Å². The third-order valence-electron chi connectivity index (χ3n) is 4.42. The van der Waals surface area contributed by atoms with E-state index in [1.807, 2.05) is 44.4 Å². The van der Waals surface area contributed by atoms with Crippen LogP contribution in [0.3, 0.4) is 0 Å². The average Bonchev–Trinajstić information content (AvgIpc) is 2.98. The normalized spacial score (nSPS) is 17.5. The monoisotopic (exact) mass is 276 g/mol. The molecule has 0 spiro atoms. The lowest BCUT2D eigenvalue weighted by Gasteiger charge is -2.11. The van der Waals surface area contributed by atoms with Crippen LogP contribution in [0.15, 0.2) is 54.7 Å². The van der Waals surface area contributed by atoms with Crippen LogP contribution in [0.2, 0.25) is 0 Å². The molecule has 4 rings (SSSR count). The Labute approximate surface area is 123 Å². The number of anilines is 1. The van der Waals surface area contributed by atoms with Gasteiger partial charge in [-0.15, -0.1) is 0 Å². The summed E-state index contributed by atoms with van der Waals surface area (Å²) in [6.45, 7) is 0. The first kappa shape index (κ1) is 12.2. The predicted octanol–water partition coefficient (Wildman–Crippen LogP) is 3.29. The largest absolute Gasteiger partial charge is 0.351 e. The maximum atomic E-state index is 12.7. The molecular formula is C18H16N2O. The molecule has 0 radical (unpaired) electrons. The molecule has 0 aliphatic carbocycles. The van der Waals surface area contributed by atoms with Gasteiger partial charge in [-0.2, -0.15) is 0 Å². The summed E-state index contributed by atoms with van der Waals surface area (Å²) in [5.74, 6) is -0.0444. The fraction of sp³-hybridized carbons (Fsp3) is 0.167. The molecule has 104 valence electrons. The van der Waals surface area contributed by atoms with E-state index >= 15 is 0 Å². The molecule has 0 saturated heterocycles. The van der Waals surface area contributed by atoms with Crippen molar-refractivity contribution >= 4 is 22.5 Å². The van der Waals surface area contributed by atoms with Crippen LogP contribution in [0.4, 0.5) is 5.69 Å². The van der Waals surface area contributed by atoms with Crippen molar-refractivity contribution < 1.29 is 4.79 Å². The maximum Gasteiger partial charge on any atom is 0.238 e. The van der Waals surface area contributed by atoms with Gasteiger partial charge in [0.15, 0.2) is 0 Å². The minimum Gasteiger partial charge on any atom is -0.351 e. The number of fused-ring (bicyclic) bond motifs is 2. The zero-order valence-electron chi connectivity index (χ0n) is 12.1. The van der Waals surface area contributed by atoms with Gasteiger partial charge >= 0.3 is 0 Å². The molecule has 3 aromatic rings. The minimum absolute atomic E-state index is 0.145. The Morgan fingerprint density at radius 3 is 2.52 bits per heavy atom. The fourth-order valence-corrected chi connectivity index (χ4v) is 3.26. The Kier molecular flexibility index (Phi) is 2.45. The van der Waals surface area contributed by atoms with E-state index in [4.69, 9.17) is 0 Å². The SMILES string of the molecule is CN1C(=O)C(c2ccccc2)c2cc3c(ccn3C)cc21. The van der Waals surface area contributed by atoms with Crippen molar-refractivity contribution in [1.29, 1.82) is 0 Å². The van der Waals surface area contributed by atoms with E-state index in [-0.39, 0.29) is 11.8 Å². The molecule has 0 saturated carbocycles. The molecule has 2 aromatic carbocycles. The Morgan fingerprint density at radius 2 is 1.76 bits per heavy atom. The van der Waals surface area contributed by atoms with Crippen molar-refractivity contribution in [2.75, 3.05) is 11.9 Å². The van der Waals surface area contributed by atoms with E-state index in [2.05, 4.69) is 29.0 Å². The van der Waals surface area contributed by atoms with Gasteiger partial charge in [0.05, 0.1) is 5.92 Å². The molecule has 1 amide bonds. The summed E-state index contributed by atoms with van der Waals surface area (Å²) in [5, 5.41) is 1.17. The van der Waals surface area contributed by atoms with Crippen LogP contribution in [-0.2, 0) is 11.8 Å². The van der Waals surface area contributed by atoms with Crippen molar-refractivity contribution in [2.45, 2.75) is 5.92 Å². The number of rotatable bonds is 1. The first-order valence-corrected chi connectivity index (χ1v) is 7.08. The van der Waals surface area contributed by atoms with Crippen LogP contribution < -0.4 is 4.90 Å². The quantitative estimate of drug-likeness (QED) is 0.669. The second-order valence-electron chi connectivity index (χ2n) is 5.64. The number of carbonyl (C=O) groups is 1. The third kappa shape index (κ3) is 1.64. The standard InChI is InChI=1S/C18H16N2O/c1-19-9-8-13-10-16-14(11-15(13)19)17(18(21)20(16)2)12-6-4-3-5-7-12/h3-11,17H,1-2H3. The van der Waals surface area contributed by atoms with Gasteiger partial charge in [0, 0.05) is 36.9 Å². The highest BCUT2D eigenvalue weighted by Gasteiger charge is 2.36. The third-order valence-corrected chi connectivity index (χ3v) is 4.42. The summed E-state index contributed by atoms with van der Waals surface area (Å²) < 4.78 is 2.10. The van der Waals surface area contributed by atoms with Crippen LogP contribution in [0.25, 0.3) is 10.9 Å². The number of likely N-dealkylation sites (N-methyl/N-ethyl adjacent to an activating group) is 1. The Bertz CT molecular complexity index is 848. The number of hydrogen-bond acceptors (Lipinski definition) is 1. The van der Waals surface area contributed by atoms with Crippen LogP contribution in [0.1, 0.15) is 17.0 Å². The number of benzene rings is 2. The van der Waals surface area contributed by atoms with E-state index < -0.39 is 0 Å². The molecule has 1 atom stereocenters. The Hall–Kier alpha value is -2.55. The van der Waals surface area contributed by atoms with Gasteiger partial charge in [-0.1, -0.05) is 30.3 Å². The molecular weight excluding hydrogens is 260 g/mol. The lowest BCUT2D eigenvalue weighted by molar-refractivity contribution is -0.118. The summed E-state index contributed by atoms with van der Waals surface area (Å²) in [6.07, 6.45) is 2.05. The minimum atomic E-state index is -0.189. The number of carbonyl (C=O) groups excluding carboxylic acids is 1. The Morgan fingerprint density at radius 1 is 1.00 bits per heavy atom.